The zero-order valence-electron chi connectivity index (χ0n) is 16.4. The van der Waals surface area contributed by atoms with E-state index in [9.17, 15) is 9.59 Å². The molecule has 3 amide bonds. The van der Waals surface area contributed by atoms with Crippen molar-refractivity contribution in [3.05, 3.63) is 34.8 Å². The number of nitrogens with one attached hydrogen (secondary N) is 2. The first-order valence-electron chi connectivity index (χ1n) is 8.82. The van der Waals surface area contributed by atoms with E-state index in [2.05, 4.69) is 34.4 Å². The Labute approximate surface area is 164 Å². The van der Waals surface area contributed by atoms with E-state index < -0.39 is 11.8 Å². The van der Waals surface area contributed by atoms with Gasteiger partial charge in [-0.1, -0.05) is 19.9 Å². The van der Waals surface area contributed by atoms with E-state index in [1.165, 1.54) is 11.3 Å². The fraction of sp³-hybridized carbons (Fsp3) is 0.421. The molecule has 7 nitrogen and oxygen atoms in total. The lowest BCUT2D eigenvalue weighted by Crippen LogP contribution is -2.26. The zero-order chi connectivity index (χ0) is 20.1. The highest BCUT2D eigenvalue weighted by Gasteiger charge is 2.17. The van der Waals surface area contributed by atoms with Crippen molar-refractivity contribution < 1.29 is 9.59 Å². The van der Waals surface area contributed by atoms with Crippen LogP contribution in [0.1, 0.15) is 37.9 Å². The van der Waals surface area contributed by atoms with Crippen molar-refractivity contribution in [2.75, 3.05) is 29.1 Å². The first-order chi connectivity index (χ1) is 12.7. The minimum absolute atomic E-state index is 0.384. The molecule has 0 saturated heterocycles. The first-order valence-corrected chi connectivity index (χ1v) is 9.70. The van der Waals surface area contributed by atoms with Gasteiger partial charge in [0, 0.05) is 19.0 Å². The molecule has 1 unspecified atom stereocenters. The molecule has 1 atom stereocenters. The molecule has 4 N–H and O–H groups in total. The summed E-state index contributed by atoms with van der Waals surface area (Å²) in [5.74, 6) is -0.444. The van der Waals surface area contributed by atoms with Crippen molar-refractivity contribution in [3.63, 3.8) is 0 Å². The van der Waals surface area contributed by atoms with Gasteiger partial charge in [0.2, 0.25) is 5.91 Å². The molecule has 2 rings (SSSR count). The molecule has 146 valence electrons. The summed E-state index contributed by atoms with van der Waals surface area (Å²) in [7, 11) is 2.01. The Morgan fingerprint density at radius 3 is 2.59 bits per heavy atom. The molecule has 0 radical (unpaired) electrons. The van der Waals surface area contributed by atoms with Crippen molar-refractivity contribution in [1.82, 2.24) is 4.98 Å². The summed E-state index contributed by atoms with van der Waals surface area (Å²) in [6.07, 6.45) is 0. The Balaban J connectivity index is 2.11. The van der Waals surface area contributed by atoms with Crippen molar-refractivity contribution >= 4 is 39.8 Å². The van der Waals surface area contributed by atoms with Gasteiger partial charge in [-0.3, -0.25) is 10.1 Å². The van der Waals surface area contributed by atoms with E-state index in [0.717, 1.165) is 23.5 Å². The predicted octanol–water partition coefficient (Wildman–Crippen LogP) is 3.78. The van der Waals surface area contributed by atoms with Gasteiger partial charge in [-0.15, -0.1) is 11.3 Å². The molecular weight excluding hydrogens is 362 g/mol. The molecule has 1 heterocycles. The van der Waals surface area contributed by atoms with Crippen LogP contribution in [0.25, 0.3) is 0 Å². The summed E-state index contributed by atoms with van der Waals surface area (Å²) in [6.45, 7) is 8.89. The number of rotatable bonds is 7. The second-order valence-corrected chi connectivity index (χ2v) is 7.93. The largest absolute Gasteiger partial charge is 0.373 e. The number of anilines is 3. The average molecular weight is 390 g/mol. The monoisotopic (exact) mass is 389 g/mol. The maximum Gasteiger partial charge on any atom is 0.325 e. The van der Waals surface area contributed by atoms with Gasteiger partial charge >= 0.3 is 6.03 Å². The van der Waals surface area contributed by atoms with Crippen LogP contribution in [-0.4, -0.2) is 30.5 Å². The first kappa shape index (κ1) is 20.7. The Hall–Kier alpha value is -2.61. The summed E-state index contributed by atoms with van der Waals surface area (Å²) < 4.78 is 0. The number of benzene rings is 1. The van der Waals surface area contributed by atoms with Crippen LogP contribution < -0.4 is 21.3 Å². The molecule has 0 aliphatic heterocycles. The van der Waals surface area contributed by atoms with Crippen LogP contribution in [0.3, 0.4) is 0 Å². The third-order valence-corrected chi connectivity index (χ3v) is 4.84. The maximum absolute atomic E-state index is 12.4. The molecular formula is C19H27N5O2S. The molecule has 0 aliphatic rings. The number of aromatic nitrogens is 1. The van der Waals surface area contributed by atoms with E-state index in [-0.39, 0.29) is 6.03 Å². The van der Waals surface area contributed by atoms with Crippen molar-refractivity contribution in [1.29, 1.82) is 0 Å². The second-order valence-electron chi connectivity index (χ2n) is 7.08. The number of carbonyl (C=O) groups is 2. The molecule has 2 aromatic rings. The predicted molar refractivity (Wildman–Crippen MR) is 112 cm³/mol. The molecule has 0 bridgehead atoms. The molecule has 0 spiro atoms. The van der Waals surface area contributed by atoms with Gasteiger partial charge < -0.3 is 16.0 Å². The SMILES string of the molecule is Cc1ccc(NC(=O)Nc2nc(C(C)C(N)=O)cs2)c(N(C)CC(C)C)c1. The van der Waals surface area contributed by atoms with Gasteiger partial charge in [0.15, 0.2) is 5.13 Å². The van der Waals surface area contributed by atoms with Crippen molar-refractivity contribution in [2.24, 2.45) is 11.7 Å². The number of hydrogen-bond acceptors (Lipinski definition) is 5. The number of amides is 3. The minimum Gasteiger partial charge on any atom is -0.373 e. The number of urea groups is 1. The number of nitrogens with two attached hydrogens (primary N) is 1. The fourth-order valence-corrected chi connectivity index (χ4v) is 3.45. The lowest BCUT2D eigenvalue weighted by Gasteiger charge is -2.25. The number of thiazole rings is 1. The maximum atomic E-state index is 12.4. The standard InChI is InChI=1S/C19H27N5O2S/c1-11(2)9-24(5)16-8-12(3)6-7-14(16)21-18(26)23-19-22-15(10-27-19)13(4)17(20)25/h6-8,10-11,13H,9H2,1-5H3,(H2,20,25)(H2,21,22,23,26). The molecule has 0 saturated carbocycles. The highest BCUT2D eigenvalue weighted by atomic mass is 32.1. The fourth-order valence-electron chi connectivity index (χ4n) is 2.65. The van der Waals surface area contributed by atoms with Crippen LogP contribution in [0, 0.1) is 12.8 Å². The molecule has 1 aromatic carbocycles. The Bertz CT molecular complexity index is 818. The van der Waals surface area contributed by atoms with Crippen LogP contribution in [0.5, 0.6) is 0 Å². The highest BCUT2D eigenvalue weighted by molar-refractivity contribution is 7.14. The van der Waals surface area contributed by atoms with Gasteiger partial charge in [-0.25, -0.2) is 9.78 Å². The van der Waals surface area contributed by atoms with E-state index in [1.807, 2.05) is 32.2 Å². The number of aryl methyl sites for hydroxylation is 1. The van der Waals surface area contributed by atoms with Gasteiger partial charge in [-0.2, -0.15) is 0 Å². The van der Waals surface area contributed by atoms with Crippen LogP contribution in [0.2, 0.25) is 0 Å². The smallest absolute Gasteiger partial charge is 0.325 e. The Morgan fingerprint density at radius 2 is 1.96 bits per heavy atom. The van der Waals surface area contributed by atoms with E-state index in [0.29, 0.717) is 16.7 Å². The molecule has 8 heteroatoms. The quantitative estimate of drug-likeness (QED) is 0.671. The lowest BCUT2D eigenvalue weighted by atomic mass is 10.1. The average Bonchev–Trinajstić information content (AvgIpc) is 3.03. The van der Waals surface area contributed by atoms with Gasteiger partial charge in [0.1, 0.15) is 0 Å². The number of nitrogens with zero attached hydrogens (tertiary/aromatic N) is 2. The topological polar surface area (TPSA) is 100 Å². The summed E-state index contributed by atoms with van der Waals surface area (Å²) in [5, 5.41) is 7.74. The third kappa shape index (κ3) is 5.68. The van der Waals surface area contributed by atoms with Crippen LogP contribution in [0.15, 0.2) is 23.6 Å². The number of primary amides is 1. The summed E-state index contributed by atoms with van der Waals surface area (Å²) >= 11 is 1.25. The number of hydrogen-bond donors (Lipinski definition) is 3. The lowest BCUT2D eigenvalue weighted by molar-refractivity contribution is -0.119. The Kier molecular flexibility index (Phi) is 6.79. The van der Waals surface area contributed by atoms with E-state index >= 15 is 0 Å². The second kappa shape index (κ2) is 8.85. The van der Waals surface area contributed by atoms with Crippen LogP contribution >= 0.6 is 11.3 Å². The molecule has 1 aromatic heterocycles. The molecule has 0 aliphatic carbocycles. The van der Waals surface area contributed by atoms with Crippen LogP contribution in [-0.2, 0) is 4.79 Å². The normalized spacial score (nSPS) is 11.9. The zero-order valence-corrected chi connectivity index (χ0v) is 17.2. The molecule has 0 fully saturated rings. The van der Waals surface area contributed by atoms with Gasteiger partial charge in [-0.05, 0) is 37.5 Å². The van der Waals surface area contributed by atoms with Gasteiger partial charge in [0.25, 0.3) is 0 Å². The number of carbonyl (C=O) groups excluding carboxylic acids is 2. The summed E-state index contributed by atoms with van der Waals surface area (Å²) in [6, 6.07) is 5.52. The minimum atomic E-state index is -0.492. The molecule has 27 heavy (non-hydrogen) atoms. The van der Waals surface area contributed by atoms with E-state index in [1.54, 1.807) is 12.3 Å². The van der Waals surface area contributed by atoms with E-state index in [4.69, 9.17) is 5.73 Å². The van der Waals surface area contributed by atoms with Crippen LogP contribution in [0.4, 0.5) is 21.3 Å². The Morgan fingerprint density at radius 1 is 1.26 bits per heavy atom. The summed E-state index contributed by atoms with van der Waals surface area (Å²) in [5.41, 5.74) is 8.65. The van der Waals surface area contributed by atoms with Crippen molar-refractivity contribution in [3.8, 4) is 0 Å². The highest BCUT2D eigenvalue weighted by Crippen LogP contribution is 2.28. The summed E-state index contributed by atoms with van der Waals surface area (Å²) in [4.78, 5) is 30.1. The van der Waals surface area contributed by atoms with Crippen molar-refractivity contribution in [2.45, 2.75) is 33.6 Å². The third-order valence-electron chi connectivity index (χ3n) is 4.06. The van der Waals surface area contributed by atoms with Gasteiger partial charge in [0.05, 0.1) is 23.0 Å².